The second kappa shape index (κ2) is 7.08. The Bertz CT molecular complexity index is 489. The van der Waals surface area contributed by atoms with E-state index in [1.165, 1.54) is 0 Å². The molecule has 7 heteroatoms. The lowest BCUT2D eigenvalue weighted by atomic mass is 9.96. The summed E-state index contributed by atoms with van der Waals surface area (Å²) in [6.45, 7) is 1.36. The molecule has 1 aromatic rings. The largest absolute Gasteiger partial charge is 0.496 e. The molecule has 3 nitrogen and oxygen atoms in total. The Labute approximate surface area is 136 Å². The zero-order chi connectivity index (χ0) is 16.3. The summed E-state index contributed by atoms with van der Waals surface area (Å²) in [6, 6.07) is 3.67. The molecule has 0 saturated carbocycles. The van der Waals surface area contributed by atoms with Crippen molar-refractivity contribution >= 4 is 15.9 Å². The van der Waals surface area contributed by atoms with Crippen molar-refractivity contribution in [3.63, 3.8) is 0 Å². The quantitative estimate of drug-likeness (QED) is 0.778. The Morgan fingerprint density at radius 1 is 1.14 bits per heavy atom. The van der Waals surface area contributed by atoms with Crippen LogP contribution in [-0.4, -0.2) is 38.4 Å². The Morgan fingerprint density at radius 2 is 1.64 bits per heavy atom. The number of hydrogen-bond donors (Lipinski definition) is 0. The number of nitrogens with zero attached hydrogens (tertiary/aromatic N) is 1. The zero-order valence-electron chi connectivity index (χ0n) is 12.5. The molecule has 0 amide bonds. The Balaban J connectivity index is 2.09. The van der Waals surface area contributed by atoms with Crippen LogP contribution in [0, 0.1) is 5.92 Å². The Morgan fingerprint density at radius 3 is 2.05 bits per heavy atom. The van der Waals surface area contributed by atoms with Gasteiger partial charge < -0.3 is 9.47 Å². The molecule has 0 aliphatic carbocycles. The van der Waals surface area contributed by atoms with Crippen LogP contribution in [0.3, 0.4) is 0 Å². The summed E-state index contributed by atoms with van der Waals surface area (Å²) >= 11 is 3.39. The van der Waals surface area contributed by atoms with Gasteiger partial charge in [0.1, 0.15) is 11.5 Å². The van der Waals surface area contributed by atoms with Crippen molar-refractivity contribution < 1.29 is 22.6 Å². The minimum Gasteiger partial charge on any atom is -0.496 e. The van der Waals surface area contributed by atoms with E-state index in [1.54, 1.807) is 14.2 Å². The molecule has 0 bridgehead atoms. The summed E-state index contributed by atoms with van der Waals surface area (Å²) < 4.78 is 49.7. The zero-order valence-corrected chi connectivity index (χ0v) is 14.1. The van der Waals surface area contributed by atoms with Crippen molar-refractivity contribution in [3.8, 4) is 11.5 Å². The van der Waals surface area contributed by atoms with Gasteiger partial charge in [-0.3, -0.25) is 4.90 Å². The maximum atomic E-state index is 12.7. The van der Waals surface area contributed by atoms with E-state index in [1.807, 2.05) is 17.0 Å². The lowest BCUT2D eigenvalue weighted by Gasteiger charge is -2.33. The van der Waals surface area contributed by atoms with Crippen molar-refractivity contribution in [2.75, 3.05) is 27.3 Å². The van der Waals surface area contributed by atoms with Crippen LogP contribution in [0.5, 0.6) is 11.5 Å². The predicted molar refractivity (Wildman–Crippen MR) is 81.3 cm³/mol. The number of likely N-dealkylation sites (tertiary alicyclic amines) is 1. The van der Waals surface area contributed by atoms with Crippen molar-refractivity contribution in [1.82, 2.24) is 4.90 Å². The lowest BCUT2D eigenvalue weighted by molar-refractivity contribution is -0.185. The average molecular weight is 382 g/mol. The van der Waals surface area contributed by atoms with Gasteiger partial charge in [-0.05, 0) is 38.1 Å². The number of methoxy groups -OCH3 is 2. The van der Waals surface area contributed by atoms with Gasteiger partial charge >= 0.3 is 6.18 Å². The molecular weight excluding hydrogens is 363 g/mol. The van der Waals surface area contributed by atoms with E-state index in [0.29, 0.717) is 31.1 Å². The van der Waals surface area contributed by atoms with Crippen LogP contribution in [0.15, 0.2) is 16.6 Å². The molecule has 0 unspecified atom stereocenters. The van der Waals surface area contributed by atoms with E-state index in [0.717, 1.165) is 10.0 Å². The molecule has 0 N–H and O–H groups in total. The highest BCUT2D eigenvalue weighted by atomic mass is 79.9. The third-order valence-electron chi connectivity index (χ3n) is 4.00. The molecule has 1 aliphatic rings. The standard InChI is InChI=1S/C15H19BrF3NO2/c1-21-13-7-11(16)8-14(22-2)12(13)9-20-5-3-10(4-6-20)15(17,18)19/h7-8,10H,3-6,9H2,1-2H3. The van der Waals surface area contributed by atoms with Crippen molar-refractivity contribution in [3.05, 3.63) is 22.2 Å². The summed E-state index contributed by atoms with van der Waals surface area (Å²) in [7, 11) is 3.14. The van der Waals surface area contributed by atoms with Crippen LogP contribution in [0.4, 0.5) is 13.2 Å². The van der Waals surface area contributed by atoms with Crippen LogP contribution >= 0.6 is 15.9 Å². The number of halogens is 4. The lowest BCUT2D eigenvalue weighted by Crippen LogP contribution is -2.38. The van der Waals surface area contributed by atoms with Gasteiger partial charge in [0.25, 0.3) is 0 Å². The molecule has 1 fully saturated rings. The number of piperidine rings is 1. The fourth-order valence-electron chi connectivity index (χ4n) is 2.75. The highest BCUT2D eigenvalue weighted by Gasteiger charge is 2.41. The van der Waals surface area contributed by atoms with Gasteiger partial charge in [-0.1, -0.05) is 15.9 Å². The third-order valence-corrected chi connectivity index (χ3v) is 4.46. The molecule has 22 heavy (non-hydrogen) atoms. The Kier molecular flexibility index (Phi) is 5.60. The molecule has 1 heterocycles. The minimum atomic E-state index is -4.08. The van der Waals surface area contributed by atoms with Gasteiger partial charge in [-0.2, -0.15) is 13.2 Å². The fraction of sp³-hybridized carbons (Fsp3) is 0.600. The van der Waals surface area contributed by atoms with Gasteiger partial charge in [0.05, 0.1) is 25.7 Å². The fourth-order valence-corrected chi connectivity index (χ4v) is 3.17. The summed E-state index contributed by atoms with van der Waals surface area (Å²) in [5, 5.41) is 0. The van der Waals surface area contributed by atoms with Crippen LogP contribution in [0.25, 0.3) is 0 Å². The van der Waals surface area contributed by atoms with E-state index in [4.69, 9.17) is 9.47 Å². The van der Waals surface area contributed by atoms with Gasteiger partial charge in [0.15, 0.2) is 0 Å². The smallest absolute Gasteiger partial charge is 0.391 e. The maximum absolute atomic E-state index is 12.7. The van der Waals surface area contributed by atoms with Gasteiger partial charge in [-0.25, -0.2) is 0 Å². The van der Waals surface area contributed by atoms with Crippen LogP contribution in [0.1, 0.15) is 18.4 Å². The number of alkyl halides is 3. The first-order chi connectivity index (χ1) is 10.3. The Hall–Kier alpha value is -0.950. The molecule has 1 saturated heterocycles. The molecule has 0 spiro atoms. The molecule has 0 aromatic heterocycles. The van der Waals surface area contributed by atoms with E-state index in [2.05, 4.69) is 15.9 Å². The molecular formula is C15H19BrF3NO2. The number of rotatable bonds is 4. The highest BCUT2D eigenvalue weighted by molar-refractivity contribution is 9.10. The van der Waals surface area contributed by atoms with Crippen LogP contribution in [0.2, 0.25) is 0 Å². The molecule has 0 radical (unpaired) electrons. The summed E-state index contributed by atoms with van der Waals surface area (Å²) in [6.07, 6.45) is -3.80. The first-order valence-electron chi connectivity index (χ1n) is 7.04. The molecule has 0 atom stereocenters. The topological polar surface area (TPSA) is 21.7 Å². The van der Waals surface area contributed by atoms with Crippen LogP contribution in [-0.2, 0) is 6.54 Å². The van der Waals surface area contributed by atoms with Gasteiger partial charge in [-0.15, -0.1) is 0 Å². The van der Waals surface area contributed by atoms with Gasteiger partial charge in [0.2, 0.25) is 0 Å². The molecule has 2 rings (SSSR count). The normalized spacial score (nSPS) is 17.5. The first kappa shape index (κ1) is 17.4. The van der Waals surface area contributed by atoms with E-state index in [-0.39, 0.29) is 12.8 Å². The van der Waals surface area contributed by atoms with Gasteiger partial charge in [0, 0.05) is 11.0 Å². The van der Waals surface area contributed by atoms with Crippen molar-refractivity contribution in [2.24, 2.45) is 5.92 Å². The van der Waals surface area contributed by atoms with Crippen molar-refractivity contribution in [1.29, 1.82) is 0 Å². The number of ether oxygens (including phenoxy) is 2. The molecule has 1 aliphatic heterocycles. The average Bonchev–Trinajstić information content (AvgIpc) is 2.48. The second-order valence-corrected chi connectivity index (χ2v) is 6.30. The molecule has 1 aromatic carbocycles. The van der Waals surface area contributed by atoms with Crippen molar-refractivity contribution in [2.45, 2.75) is 25.6 Å². The summed E-state index contributed by atoms with van der Waals surface area (Å²) in [5.41, 5.74) is 0.860. The molecule has 124 valence electrons. The maximum Gasteiger partial charge on any atom is 0.391 e. The minimum absolute atomic E-state index is 0.144. The van der Waals surface area contributed by atoms with E-state index < -0.39 is 12.1 Å². The third kappa shape index (κ3) is 4.07. The monoisotopic (exact) mass is 381 g/mol. The van der Waals surface area contributed by atoms with Crippen LogP contribution < -0.4 is 9.47 Å². The van der Waals surface area contributed by atoms with E-state index in [9.17, 15) is 13.2 Å². The first-order valence-corrected chi connectivity index (χ1v) is 7.84. The van der Waals surface area contributed by atoms with E-state index >= 15 is 0 Å². The number of hydrogen-bond acceptors (Lipinski definition) is 3. The number of benzene rings is 1. The highest BCUT2D eigenvalue weighted by Crippen LogP contribution is 2.37. The second-order valence-electron chi connectivity index (χ2n) is 5.38. The predicted octanol–water partition coefficient (Wildman–Crippen LogP) is 4.24. The summed E-state index contributed by atoms with van der Waals surface area (Å²) in [4.78, 5) is 2.01. The SMILES string of the molecule is COc1cc(Br)cc(OC)c1CN1CCC(C(F)(F)F)CC1. The summed E-state index contributed by atoms with van der Waals surface area (Å²) in [5.74, 6) is 0.158.